The third-order valence-electron chi connectivity index (χ3n) is 22.8. The SMILES string of the molecule is CC1(C)CCCCC1.Cc1ccc(C(C)(C)c2ccc(C)cc2)cc1.Cc1ccc(C(c2ccc(C)cc2)(C(F)(F)F)C(F)(F)F)cc1.Cc1ccc(Cc2ccc(C)cc2)cc1.Cc1ccc(Oc2ccc(C)cc2)cc1.Cc1ccc(Oc2ccc(Oc3ccc(C)cc3)cc2)cc1.Cc1ccc(S(=O)(=O)c2ccc(C)cc2)cc1.Cc1ccc(Sc2ccc(C)cc2)cc1. The van der Waals surface area contributed by atoms with Gasteiger partial charge in [-0.15, -0.1) is 0 Å². The van der Waals surface area contributed by atoms with Crippen LogP contribution in [0.25, 0.3) is 0 Å². The average molecular weight is 1810 g/mol. The van der Waals surface area contributed by atoms with Gasteiger partial charge < -0.3 is 14.2 Å². The van der Waals surface area contributed by atoms with Gasteiger partial charge in [-0.3, -0.25) is 0 Å². The fourth-order valence-corrected chi connectivity index (χ4v) is 16.3. The molecule has 0 N–H and O–H groups in total. The Kier molecular flexibility index (Phi) is 38.1. The lowest BCUT2D eigenvalue weighted by atomic mass is 9.72. The standard InChI is InChI=1S/C20H18O2.C17H14F6.C17H20.C15H16.C14H14O2S.C14H14O.C14H14S.C8H16/c1-15-3-7-17(8-4-15)21-19-11-13-20(14-12-19)22-18-9-5-16(2)6-10-18;1-11-3-7-13(8-4-11)15(16(18,19)20,17(21,22)23)14-9-5-12(2)6-10-14;1-13-5-9-15(10-6-13)17(3,4)16-11-7-14(2)8-12-16;1-12-3-7-14(8-4-12)11-15-9-5-13(2)6-10-15;1-11-3-7-13(8-4-11)17(15,16)14-9-5-12(2)6-10-14;2*1-11-3-7-13(8-4-11)15-14-9-5-12(2)6-10-14;1-8(2)6-4-3-5-7-8/h3-14H,1-2H3;3-10H,1-2H3;5-12H,1-4H3;3-10H,11H2,1-2H3;3-10H,1-2H3;2*3-10H,1-2H3;3-7H2,1-2H3. The second-order valence-corrected chi connectivity index (χ2v) is 38.7. The van der Waals surface area contributed by atoms with Crippen molar-refractivity contribution in [1.82, 2.24) is 0 Å². The van der Waals surface area contributed by atoms with E-state index in [0.29, 0.717) is 26.3 Å². The summed E-state index contributed by atoms with van der Waals surface area (Å²) in [5.41, 5.74) is 16.6. The van der Waals surface area contributed by atoms with Crippen molar-refractivity contribution < 1.29 is 49.0 Å². The lowest BCUT2D eigenvalue weighted by Crippen LogP contribution is -2.54. The summed E-state index contributed by atoms with van der Waals surface area (Å²) in [7, 11) is -3.37. The molecule has 0 heterocycles. The summed E-state index contributed by atoms with van der Waals surface area (Å²) < 4.78 is 124. The molecule has 1 aliphatic carbocycles. The van der Waals surface area contributed by atoms with Crippen molar-refractivity contribution in [2.45, 2.75) is 206 Å². The molecule has 0 unspecified atom stereocenters. The predicted octanol–water partition coefficient (Wildman–Crippen LogP) is 34.8. The molecule has 5 nitrogen and oxygen atoms in total. The van der Waals surface area contributed by atoms with E-state index in [4.69, 9.17) is 14.2 Å². The summed E-state index contributed by atoms with van der Waals surface area (Å²) in [6.07, 6.45) is -2.73. The van der Waals surface area contributed by atoms with Crippen LogP contribution in [0.4, 0.5) is 26.3 Å². The molecule has 0 aromatic heterocycles. The van der Waals surface area contributed by atoms with Gasteiger partial charge in [-0.2, -0.15) is 26.3 Å². The van der Waals surface area contributed by atoms with Crippen LogP contribution in [0.3, 0.4) is 0 Å². The first kappa shape index (κ1) is 103. The maximum absolute atomic E-state index is 13.7. The largest absolute Gasteiger partial charge is 0.457 e. The van der Waals surface area contributed by atoms with E-state index in [1.165, 1.54) is 144 Å². The molecule has 0 aliphatic heterocycles. The summed E-state index contributed by atoms with van der Waals surface area (Å²) in [5, 5.41) is 0. The van der Waals surface area contributed by atoms with Gasteiger partial charge in [0.25, 0.3) is 0 Å². The summed E-state index contributed by atoms with van der Waals surface area (Å²) in [6.45, 7) is 37.3. The fraction of sp³-hybridized carbons (Fsp3) is 0.244. The molecule has 0 radical (unpaired) electrons. The van der Waals surface area contributed by atoms with Gasteiger partial charge in [0.1, 0.15) is 34.5 Å². The molecule has 686 valence electrons. The average Bonchev–Trinajstić information content (AvgIpc) is 0.715. The molecule has 0 amide bonds. The molecule has 15 aromatic rings. The number of alkyl halides is 6. The van der Waals surface area contributed by atoms with Crippen molar-refractivity contribution in [1.29, 1.82) is 0 Å². The molecule has 0 spiro atoms. The van der Waals surface area contributed by atoms with Crippen LogP contribution >= 0.6 is 11.8 Å². The molecule has 0 saturated heterocycles. The normalized spacial score (nSPS) is 12.1. The van der Waals surface area contributed by atoms with Crippen molar-refractivity contribution in [2.75, 3.05) is 0 Å². The summed E-state index contributed by atoms with van der Waals surface area (Å²) >= 11 is 1.80. The quantitative estimate of drug-likeness (QED) is 0.0899. The van der Waals surface area contributed by atoms with Gasteiger partial charge in [-0.25, -0.2) is 8.42 Å². The molecule has 1 aliphatic rings. The Morgan fingerprint density at radius 2 is 0.439 bits per heavy atom. The van der Waals surface area contributed by atoms with Gasteiger partial charge in [0.2, 0.25) is 15.3 Å². The van der Waals surface area contributed by atoms with Crippen LogP contribution in [0.15, 0.2) is 384 Å². The Bertz CT molecular complexity index is 5490. The van der Waals surface area contributed by atoms with Crippen molar-refractivity contribution in [3.8, 4) is 34.5 Å². The van der Waals surface area contributed by atoms with E-state index >= 15 is 0 Å². The van der Waals surface area contributed by atoms with E-state index in [1.54, 1.807) is 74.1 Å². The Balaban J connectivity index is 0.000000172. The van der Waals surface area contributed by atoms with Crippen LogP contribution < -0.4 is 14.2 Å². The highest BCUT2D eigenvalue weighted by molar-refractivity contribution is 7.99. The zero-order valence-corrected chi connectivity index (χ0v) is 81.1. The lowest BCUT2D eigenvalue weighted by molar-refractivity contribution is -0.288. The number of rotatable bonds is 16. The second-order valence-electron chi connectivity index (χ2n) is 35.6. The molecule has 0 atom stereocenters. The second kappa shape index (κ2) is 48.6. The minimum Gasteiger partial charge on any atom is -0.457 e. The monoisotopic (exact) mass is 1810 g/mol. The fourth-order valence-electron chi connectivity index (χ4n) is 14.2. The van der Waals surface area contributed by atoms with Crippen LogP contribution in [-0.4, -0.2) is 20.8 Å². The maximum atomic E-state index is 13.7. The van der Waals surface area contributed by atoms with Crippen LogP contribution in [0.2, 0.25) is 0 Å². The van der Waals surface area contributed by atoms with Crippen molar-refractivity contribution >= 4 is 21.6 Å². The highest BCUT2D eigenvalue weighted by atomic mass is 32.2. The Hall–Kier alpha value is -12.4. The molecule has 0 bridgehead atoms. The highest BCUT2D eigenvalue weighted by Gasteiger charge is 2.72. The molecular formula is C119H126F6O5S2. The third-order valence-corrected chi connectivity index (χ3v) is 25.6. The van der Waals surface area contributed by atoms with Gasteiger partial charge in [0, 0.05) is 15.2 Å². The van der Waals surface area contributed by atoms with E-state index in [-0.39, 0.29) is 5.41 Å². The summed E-state index contributed by atoms with van der Waals surface area (Å²) in [5.74, 6) is 5.00. The number of sulfone groups is 1. The van der Waals surface area contributed by atoms with E-state index in [9.17, 15) is 34.8 Å². The van der Waals surface area contributed by atoms with E-state index in [1.807, 2.05) is 135 Å². The number of ether oxygens (including phenoxy) is 3. The molecular weight excluding hydrogens is 1690 g/mol. The van der Waals surface area contributed by atoms with Crippen molar-refractivity contribution in [2.24, 2.45) is 5.41 Å². The van der Waals surface area contributed by atoms with Crippen LogP contribution in [0.1, 0.15) is 171 Å². The molecule has 15 aromatic carbocycles. The van der Waals surface area contributed by atoms with Gasteiger partial charge in [0.15, 0.2) is 0 Å². The molecule has 1 fully saturated rings. The zero-order chi connectivity index (χ0) is 95.8. The lowest BCUT2D eigenvalue weighted by Gasteiger charge is -2.38. The van der Waals surface area contributed by atoms with E-state index in [2.05, 4.69) is 243 Å². The molecule has 13 heteroatoms. The van der Waals surface area contributed by atoms with Crippen LogP contribution in [-0.2, 0) is 27.1 Å². The first-order chi connectivity index (χ1) is 62.6. The number of benzene rings is 15. The van der Waals surface area contributed by atoms with Gasteiger partial charge in [-0.05, 0) is 276 Å². The smallest absolute Gasteiger partial charge is 0.411 e. The van der Waals surface area contributed by atoms with Crippen molar-refractivity contribution in [3.63, 3.8) is 0 Å². The third kappa shape index (κ3) is 32.5. The van der Waals surface area contributed by atoms with Crippen LogP contribution in [0, 0.1) is 102 Å². The molecule has 132 heavy (non-hydrogen) atoms. The highest BCUT2D eigenvalue weighted by Crippen LogP contribution is 2.56. The van der Waals surface area contributed by atoms with Gasteiger partial charge >= 0.3 is 12.4 Å². The first-order valence-corrected chi connectivity index (χ1v) is 47.0. The van der Waals surface area contributed by atoms with Gasteiger partial charge in [-0.1, -0.05) is 379 Å². The summed E-state index contributed by atoms with van der Waals surface area (Å²) in [4.78, 5) is 3.27. The predicted molar refractivity (Wildman–Crippen MR) is 537 cm³/mol. The summed E-state index contributed by atoms with van der Waals surface area (Å²) in [6, 6.07) is 114. The minimum atomic E-state index is -5.53. The number of aryl methyl sites for hydroxylation is 14. The number of halogens is 6. The Morgan fingerprint density at radius 3 is 0.644 bits per heavy atom. The van der Waals surface area contributed by atoms with Crippen molar-refractivity contribution in [3.05, 3.63) is 475 Å². The van der Waals surface area contributed by atoms with Gasteiger partial charge in [0.05, 0.1) is 9.79 Å². The number of hydrogen-bond acceptors (Lipinski definition) is 6. The zero-order valence-electron chi connectivity index (χ0n) is 79.5. The minimum absolute atomic E-state index is 0.0708. The topological polar surface area (TPSA) is 61.8 Å². The number of hydrogen-bond donors (Lipinski definition) is 0. The Morgan fingerprint density at radius 1 is 0.258 bits per heavy atom. The Labute approximate surface area is 786 Å². The molecule has 1 saturated carbocycles. The van der Waals surface area contributed by atoms with E-state index < -0.39 is 38.7 Å². The first-order valence-electron chi connectivity index (χ1n) is 44.7. The van der Waals surface area contributed by atoms with E-state index in [0.717, 1.165) is 76.3 Å². The molecule has 16 rings (SSSR count). The van der Waals surface area contributed by atoms with Crippen LogP contribution in [0.5, 0.6) is 34.5 Å². The maximum Gasteiger partial charge on any atom is 0.411 e.